The van der Waals surface area contributed by atoms with E-state index < -0.39 is 17.5 Å². The average Bonchev–Trinajstić information content (AvgIpc) is 2.59. The molecule has 0 radical (unpaired) electrons. The van der Waals surface area contributed by atoms with E-state index in [-0.39, 0.29) is 11.7 Å². The summed E-state index contributed by atoms with van der Waals surface area (Å²) >= 11 is 0. The zero-order valence-corrected chi connectivity index (χ0v) is 14.0. The molecular formula is C19H20F2N2O2. The van der Waals surface area contributed by atoms with E-state index in [9.17, 15) is 13.6 Å². The van der Waals surface area contributed by atoms with Crippen LogP contribution in [0.25, 0.3) is 0 Å². The topological polar surface area (TPSA) is 41.6 Å². The number of hydrogen-bond acceptors (Lipinski definition) is 3. The van der Waals surface area contributed by atoms with Gasteiger partial charge in [-0.15, -0.1) is 0 Å². The zero-order chi connectivity index (χ0) is 17.8. The van der Waals surface area contributed by atoms with Gasteiger partial charge in [0.2, 0.25) is 0 Å². The second kappa shape index (κ2) is 7.61. The number of carbonyl (C=O) groups is 1. The van der Waals surface area contributed by atoms with Crippen molar-refractivity contribution in [1.29, 1.82) is 0 Å². The first-order valence-electron chi connectivity index (χ1n) is 8.23. The summed E-state index contributed by atoms with van der Waals surface area (Å²) in [5.41, 5.74) is 0.140. The Morgan fingerprint density at radius 3 is 2.68 bits per heavy atom. The Kier molecular flexibility index (Phi) is 5.28. The lowest BCUT2D eigenvalue weighted by Gasteiger charge is -2.29. The molecule has 0 atom stereocenters. The maximum absolute atomic E-state index is 13.7. The summed E-state index contributed by atoms with van der Waals surface area (Å²) in [6, 6.07) is 9.72. The first-order valence-corrected chi connectivity index (χ1v) is 8.23. The van der Waals surface area contributed by atoms with Crippen molar-refractivity contribution in [2.45, 2.75) is 18.9 Å². The van der Waals surface area contributed by atoms with Crippen LogP contribution in [-0.4, -0.2) is 37.0 Å². The predicted molar refractivity (Wildman–Crippen MR) is 91.9 cm³/mol. The van der Waals surface area contributed by atoms with Gasteiger partial charge in [0.1, 0.15) is 23.5 Å². The minimum atomic E-state index is -0.766. The fourth-order valence-electron chi connectivity index (χ4n) is 2.81. The van der Waals surface area contributed by atoms with Gasteiger partial charge in [-0.2, -0.15) is 0 Å². The molecule has 4 nitrogen and oxygen atoms in total. The van der Waals surface area contributed by atoms with E-state index in [4.69, 9.17) is 4.74 Å². The highest BCUT2D eigenvalue weighted by Gasteiger charge is 2.18. The van der Waals surface area contributed by atoms with Gasteiger partial charge in [-0.05, 0) is 50.2 Å². The van der Waals surface area contributed by atoms with Crippen molar-refractivity contribution in [2.24, 2.45) is 0 Å². The number of benzene rings is 2. The molecule has 6 heteroatoms. The first-order chi connectivity index (χ1) is 12.0. The molecule has 132 valence electrons. The SMILES string of the molecule is CN1CCC(Oc2cccc(NC(=O)c3cc(F)ccc3F)c2)CC1. The number of ether oxygens (including phenoxy) is 1. The van der Waals surface area contributed by atoms with Gasteiger partial charge >= 0.3 is 0 Å². The molecule has 2 aromatic carbocycles. The van der Waals surface area contributed by atoms with Crippen molar-refractivity contribution in [2.75, 3.05) is 25.5 Å². The summed E-state index contributed by atoms with van der Waals surface area (Å²) in [6.07, 6.45) is 2.03. The van der Waals surface area contributed by atoms with Gasteiger partial charge in [-0.1, -0.05) is 6.07 Å². The largest absolute Gasteiger partial charge is 0.490 e. The molecule has 3 rings (SSSR count). The van der Waals surface area contributed by atoms with Crippen LogP contribution in [0.3, 0.4) is 0 Å². The summed E-state index contributed by atoms with van der Waals surface area (Å²) < 4.78 is 32.9. The third-order valence-electron chi connectivity index (χ3n) is 4.23. The van der Waals surface area contributed by atoms with Crippen LogP contribution in [-0.2, 0) is 0 Å². The van der Waals surface area contributed by atoms with E-state index in [0.29, 0.717) is 11.4 Å². The molecular weight excluding hydrogens is 326 g/mol. The Morgan fingerprint density at radius 1 is 1.16 bits per heavy atom. The number of nitrogens with zero attached hydrogens (tertiary/aromatic N) is 1. The molecule has 25 heavy (non-hydrogen) atoms. The number of amides is 1. The minimum absolute atomic E-state index is 0.141. The molecule has 1 fully saturated rings. The molecule has 2 aromatic rings. The molecule has 1 amide bonds. The van der Waals surface area contributed by atoms with Crippen LogP contribution in [0.5, 0.6) is 5.75 Å². The Morgan fingerprint density at radius 2 is 1.92 bits per heavy atom. The van der Waals surface area contributed by atoms with E-state index >= 15 is 0 Å². The standard InChI is InChI=1S/C19H20F2N2O2/c1-23-9-7-15(8-10-23)25-16-4-2-3-14(12-16)22-19(24)17-11-13(20)5-6-18(17)21/h2-6,11-12,15H,7-10H2,1H3,(H,22,24). The van der Waals surface area contributed by atoms with Crippen molar-refractivity contribution in [3.05, 3.63) is 59.7 Å². The summed E-state index contributed by atoms with van der Waals surface area (Å²) in [7, 11) is 2.08. The smallest absolute Gasteiger partial charge is 0.258 e. The molecule has 1 heterocycles. The van der Waals surface area contributed by atoms with Gasteiger partial charge in [-0.3, -0.25) is 4.79 Å². The Balaban J connectivity index is 1.67. The van der Waals surface area contributed by atoms with Crippen LogP contribution in [0.2, 0.25) is 0 Å². The van der Waals surface area contributed by atoms with Crippen LogP contribution in [0.15, 0.2) is 42.5 Å². The molecule has 0 unspecified atom stereocenters. The number of hydrogen-bond donors (Lipinski definition) is 1. The minimum Gasteiger partial charge on any atom is -0.490 e. The Bertz CT molecular complexity index is 759. The van der Waals surface area contributed by atoms with Gasteiger partial charge in [0.25, 0.3) is 5.91 Å². The van der Waals surface area contributed by atoms with Gasteiger partial charge in [-0.25, -0.2) is 8.78 Å². The highest BCUT2D eigenvalue weighted by Crippen LogP contribution is 2.22. The summed E-state index contributed by atoms with van der Waals surface area (Å²) in [4.78, 5) is 14.4. The molecule has 0 saturated carbocycles. The van der Waals surface area contributed by atoms with E-state index in [1.807, 2.05) is 6.07 Å². The van der Waals surface area contributed by atoms with Gasteiger partial charge in [0.15, 0.2) is 0 Å². The van der Waals surface area contributed by atoms with Gasteiger partial charge < -0.3 is 15.0 Å². The zero-order valence-electron chi connectivity index (χ0n) is 14.0. The lowest BCUT2D eigenvalue weighted by atomic mass is 10.1. The normalized spacial score (nSPS) is 15.8. The van der Waals surface area contributed by atoms with Gasteiger partial charge in [0, 0.05) is 24.8 Å². The highest BCUT2D eigenvalue weighted by molar-refractivity contribution is 6.04. The predicted octanol–water partition coefficient (Wildman–Crippen LogP) is 3.69. The number of carbonyl (C=O) groups excluding carboxylic acids is 1. The highest BCUT2D eigenvalue weighted by atomic mass is 19.1. The van der Waals surface area contributed by atoms with Crippen LogP contribution in [0, 0.1) is 11.6 Å². The molecule has 1 saturated heterocycles. The quantitative estimate of drug-likeness (QED) is 0.918. The number of rotatable bonds is 4. The van der Waals surface area contributed by atoms with Crippen LogP contribution in [0.1, 0.15) is 23.2 Å². The maximum Gasteiger partial charge on any atom is 0.258 e. The molecule has 1 N–H and O–H groups in total. The lowest BCUT2D eigenvalue weighted by Crippen LogP contribution is -2.35. The second-order valence-electron chi connectivity index (χ2n) is 6.23. The molecule has 0 spiro atoms. The Hall–Kier alpha value is -2.47. The third kappa shape index (κ3) is 4.54. The van der Waals surface area contributed by atoms with Crippen molar-refractivity contribution >= 4 is 11.6 Å². The summed E-state index contributed by atoms with van der Waals surface area (Å²) in [5.74, 6) is -1.48. The molecule has 0 aliphatic carbocycles. The van der Waals surface area contributed by atoms with Crippen molar-refractivity contribution in [3.8, 4) is 5.75 Å². The first kappa shape index (κ1) is 17.4. The maximum atomic E-state index is 13.7. The Labute approximate surface area is 145 Å². The van der Waals surface area contributed by atoms with Crippen LogP contribution >= 0.6 is 0 Å². The van der Waals surface area contributed by atoms with E-state index in [1.165, 1.54) is 0 Å². The van der Waals surface area contributed by atoms with Crippen LogP contribution in [0.4, 0.5) is 14.5 Å². The molecule has 0 bridgehead atoms. The number of anilines is 1. The van der Waals surface area contributed by atoms with Crippen molar-refractivity contribution in [3.63, 3.8) is 0 Å². The third-order valence-corrected chi connectivity index (χ3v) is 4.23. The second-order valence-corrected chi connectivity index (χ2v) is 6.23. The average molecular weight is 346 g/mol. The summed E-state index contributed by atoms with van der Waals surface area (Å²) in [6.45, 7) is 1.97. The summed E-state index contributed by atoms with van der Waals surface area (Å²) in [5, 5.41) is 2.58. The molecule has 1 aliphatic heterocycles. The van der Waals surface area contributed by atoms with Gasteiger partial charge in [0.05, 0.1) is 5.56 Å². The molecule has 0 aromatic heterocycles. The fraction of sp³-hybridized carbons (Fsp3) is 0.316. The van der Waals surface area contributed by atoms with E-state index in [1.54, 1.807) is 18.2 Å². The van der Waals surface area contributed by atoms with Crippen molar-refractivity contribution in [1.82, 2.24) is 4.90 Å². The lowest BCUT2D eigenvalue weighted by molar-refractivity contribution is 0.102. The number of piperidine rings is 1. The number of halogens is 2. The number of nitrogens with one attached hydrogen (secondary N) is 1. The van der Waals surface area contributed by atoms with Crippen molar-refractivity contribution < 1.29 is 18.3 Å². The monoisotopic (exact) mass is 346 g/mol. The van der Waals surface area contributed by atoms with Crippen LogP contribution < -0.4 is 10.1 Å². The van der Waals surface area contributed by atoms with E-state index in [0.717, 1.165) is 44.1 Å². The van der Waals surface area contributed by atoms with E-state index in [2.05, 4.69) is 17.3 Å². The molecule has 1 aliphatic rings. The fourth-order valence-corrected chi connectivity index (χ4v) is 2.81. The number of likely N-dealkylation sites (tertiary alicyclic amines) is 1.